The first-order valence-electron chi connectivity index (χ1n) is 10.2. The van der Waals surface area contributed by atoms with E-state index in [2.05, 4.69) is 10.3 Å². The Hall–Kier alpha value is -3.46. The van der Waals surface area contributed by atoms with E-state index in [4.69, 9.17) is 4.74 Å². The topological polar surface area (TPSA) is 71.0 Å². The summed E-state index contributed by atoms with van der Waals surface area (Å²) >= 11 is 1.32. The van der Waals surface area contributed by atoms with Crippen LogP contribution in [0.1, 0.15) is 30.5 Å². The molecule has 170 valence electrons. The molecule has 0 saturated carbocycles. The number of rotatable bonds is 6. The van der Waals surface area contributed by atoms with Crippen LogP contribution in [0.4, 0.5) is 8.78 Å². The van der Waals surface area contributed by atoms with Crippen molar-refractivity contribution >= 4 is 28.8 Å². The van der Waals surface area contributed by atoms with E-state index in [1.165, 1.54) is 43.1 Å². The standard InChI is InChI=1S/C24H21F2N3O3S/c1-14-21(23(31)32-2)22(16-6-4-8-18(26)10-16)29-19(13-33-24(29)28-14)11-20(30)27-12-15-5-3-7-17(25)9-15/h3-10,13,22H,11-12H2,1-2H3,(H,27,30). The summed E-state index contributed by atoms with van der Waals surface area (Å²) in [4.78, 5) is 31.6. The van der Waals surface area contributed by atoms with Gasteiger partial charge in [0.15, 0.2) is 5.17 Å². The molecule has 0 aromatic heterocycles. The summed E-state index contributed by atoms with van der Waals surface area (Å²) in [6.45, 7) is 1.88. The summed E-state index contributed by atoms with van der Waals surface area (Å²) < 4.78 is 32.4. The fourth-order valence-corrected chi connectivity index (χ4v) is 4.77. The molecule has 0 spiro atoms. The normalized spacial score (nSPS) is 17.3. The van der Waals surface area contributed by atoms with E-state index < -0.39 is 17.8 Å². The molecule has 0 bridgehead atoms. The summed E-state index contributed by atoms with van der Waals surface area (Å²) in [6, 6.07) is 11.3. The number of hydrogen-bond acceptors (Lipinski definition) is 6. The Morgan fingerprint density at radius 2 is 1.88 bits per heavy atom. The number of fused-ring (bicyclic) bond motifs is 1. The zero-order valence-electron chi connectivity index (χ0n) is 18.0. The first-order valence-corrected chi connectivity index (χ1v) is 11.0. The first kappa shape index (κ1) is 22.7. The van der Waals surface area contributed by atoms with E-state index in [1.54, 1.807) is 41.5 Å². The highest BCUT2D eigenvalue weighted by atomic mass is 32.2. The smallest absolute Gasteiger partial charge is 0.338 e. The van der Waals surface area contributed by atoms with Gasteiger partial charge in [0.2, 0.25) is 5.91 Å². The monoisotopic (exact) mass is 469 g/mol. The van der Waals surface area contributed by atoms with Crippen molar-refractivity contribution in [1.29, 1.82) is 0 Å². The average molecular weight is 470 g/mol. The molecule has 33 heavy (non-hydrogen) atoms. The lowest BCUT2D eigenvalue weighted by atomic mass is 9.94. The molecule has 0 aliphatic carbocycles. The number of methoxy groups -OCH3 is 1. The number of benzene rings is 2. The maximum atomic E-state index is 14.1. The number of aliphatic imine (C=N–C) groups is 1. The van der Waals surface area contributed by atoms with Crippen molar-refractivity contribution in [2.45, 2.75) is 25.9 Å². The Kier molecular flexibility index (Phi) is 6.60. The Morgan fingerprint density at radius 1 is 1.15 bits per heavy atom. The van der Waals surface area contributed by atoms with Crippen LogP contribution in [-0.2, 0) is 20.9 Å². The quantitative estimate of drug-likeness (QED) is 0.635. The third-order valence-electron chi connectivity index (χ3n) is 5.29. The number of carbonyl (C=O) groups excluding carboxylic acids is 2. The SMILES string of the molecule is COC(=O)C1=C(C)N=C2SC=C(CC(=O)NCc3cccc(F)c3)N2C1c1cccc(F)c1. The molecular formula is C24H21F2N3O3S. The van der Waals surface area contributed by atoms with Gasteiger partial charge in [0.05, 0.1) is 30.8 Å². The van der Waals surface area contributed by atoms with Crippen LogP contribution >= 0.6 is 11.8 Å². The van der Waals surface area contributed by atoms with Gasteiger partial charge in [0, 0.05) is 12.2 Å². The van der Waals surface area contributed by atoms with Crippen LogP contribution in [0.25, 0.3) is 0 Å². The molecule has 2 aliphatic heterocycles. The number of hydrogen-bond donors (Lipinski definition) is 1. The maximum absolute atomic E-state index is 14.1. The molecule has 1 atom stereocenters. The van der Waals surface area contributed by atoms with Crippen LogP contribution in [0.2, 0.25) is 0 Å². The van der Waals surface area contributed by atoms with Gasteiger partial charge in [-0.25, -0.2) is 18.6 Å². The number of amides is 1. The molecule has 0 saturated heterocycles. The van der Waals surface area contributed by atoms with Gasteiger partial charge in [-0.05, 0) is 47.7 Å². The highest BCUT2D eigenvalue weighted by molar-refractivity contribution is 8.16. The predicted octanol–water partition coefficient (Wildman–Crippen LogP) is 4.42. The molecule has 2 aromatic carbocycles. The number of halogens is 2. The molecule has 2 aliphatic rings. The molecule has 1 amide bonds. The minimum Gasteiger partial charge on any atom is -0.466 e. The first-order chi connectivity index (χ1) is 15.9. The van der Waals surface area contributed by atoms with Crippen molar-refractivity contribution < 1.29 is 23.1 Å². The molecule has 0 fully saturated rings. The largest absolute Gasteiger partial charge is 0.466 e. The lowest BCUT2D eigenvalue weighted by molar-refractivity contribution is -0.136. The van der Waals surface area contributed by atoms with E-state index in [0.29, 0.717) is 27.7 Å². The van der Waals surface area contributed by atoms with Gasteiger partial charge in [-0.2, -0.15) is 0 Å². The number of nitrogens with one attached hydrogen (secondary N) is 1. The van der Waals surface area contributed by atoms with E-state index in [-0.39, 0.29) is 30.3 Å². The van der Waals surface area contributed by atoms with E-state index in [9.17, 15) is 18.4 Å². The van der Waals surface area contributed by atoms with Crippen LogP contribution in [-0.4, -0.2) is 29.1 Å². The second kappa shape index (κ2) is 9.58. The highest BCUT2D eigenvalue weighted by Gasteiger charge is 2.41. The number of amidine groups is 1. The molecule has 6 nitrogen and oxygen atoms in total. The van der Waals surface area contributed by atoms with Crippen molar-refractivity contribution in [3.8, 4) is 0 Å². The van der Waals surface area contributed by atoms with Gasteiger partial charge in [0.1, 0.15) is 11.6 Å². The summed E-state index contributed by atoms with van der Waals surface area (Å²) in [5, 5.41) is 5.16. The molecular weight excluding hydrogens is 448 g/mol. The number of allylic oxidation sites excluding steroid dienone is 1. The Bertz CT molecular complexity index is 1210. The van der Waals surface area contributed by atoms with E-state index >= 15 is 0 Å². The zero-order chi connectivity index (χ0) is 23.5. The molecule has 0 radical (unpaired) electrons. The van der Waals surface area contributed by atoms with Gasteiger partial charge in [0.25, 0.3) is 0 Å². The third kappa shape index (κ3) is 4.83. The molecule has 1 N–H and O–H groups in total. The highest BCUT2D eigenvalue weighted by Crippen LogP contribution is 2.44. The van der Waals surface area contributed by atoms with Crippen molar-refractivity contribution in [3.05, 3.63) is 93.7 Å². The fourth-order valence-electron chi connectivity index (χ4n) is 3.81. The minimum atomic E-state index is -0.696. The lowest BCUT2D eigenvalue weighted by Gasteiger charge is -2.36. The fraction of sp³-hybridized carbons (Fsp3) is 0.208. The van der Waals surface area contributed by atoms with Gasteiger partial charge < -0.3 is 15.0 Å². The molecule has 9 heteroatoms. The van der Waals surface area contributed by atoms with Crippen molar-refractivity contribution in [2.24, 2.45) is 4.99 Å². The molecule has 1 unspecified atom stereocenters. The third-order valence-corrected chi connectivity index (χ3v) is 6.18. The van der Waals surface area contributed by atoms with Crippen molar-refractivity contribution in [1.82, 2.24) is 10.2 Å². The van der Waals surface area contributed by atoms with Crippen molar-refractivity contribution in [2.75, 3.05) is 7.11 Å². The summed E-state index contributed by atoms with van der Waals surface area (Å²) in [6.07, 6.45) is 0.000646. The second-order valence-corrected chi connectivity index (χ2v) is 8.36. The zero-order valence-corrected chi connectivity index (χ0v) is 18.8. The second-order valence-electron chi connectivity index (χ2n) is 7.52. The number of carbonyl (C=O) groups is 2. The maximum Gasteiger partial charge on any atom is 0.338 e. The Labute approximate surface area is 194 Å². The number of ether oxygens (including phenoxy) is 1. The molecule has 2 heterocycles. The Balaban J connectivity index is 1.59. The molecule has 2 aromatic rings. The summed E-state index contributed by atoms with van der Waals surface area (Å²) in [7, 11) is 1.28. The minimum absolute atomic E-state index is 0.000646. The van der Waals surface area contributed by atoms with Gasteiger partial charge >= 0.3 is 5.97 Å². The summed E-state index contributed by atoms with van der Waals surface area (Å²) in [5.41, 5.74) is 2.54. The van der Waals surface area contributed by atoms with Crippen LogP contribution in [0.15, 0.2) is 75.9 Å². The van der Waals surface area contributed by atoms with Crippen LogP contribution < -0.4 is 5.32 Å². The number of thioether (sulfide) groups is 1. The lowest BCUT2D eigenvalue weighted by Crippen LogP contribution is -2.38. The average Bonchev–Trinajstić information content (AvgIpc) is 3.18. The number of esters is 1. The van der Waals surface area contributed by atoms with Crippen LogP contribution in [0.5, 0.6) is 0 Å². The summed E-state index contributed by atoms with van der Waals surface area (Å²) in [5.74, 6) is -1.67. The predicted molar refractivity (Wildman–Crippen MR) is 122 cm³/mol. The number of nitrogens with zero attached hydrogens (tertiary/aromatic N) is 2. The van der Waals surface area contributed by atoms with Crippen LogP contribution in [0.3, 0.4) is 0 Å². The van der Waals surface area contributed by atoms with E-state index in [0.717, 1.165) is 0 Å². The van der Waals surface area contributed by atoms with Gasteiger partial charge in [-0.1, -0.05) is 36.0 Å². The van der Waals surface area contributed by atoms with Gasteiger partial charge in [-0.15, -0.1) is 0 Å². The van der Waals surface area contributed by atoms with E-state index in [1.807, 2.05) is 0 Å². The van der Waals surface area contributed by atoms with Crippen molar-refractivity contribution in [3.63, 3.8) is 0 Å². The van der Waals surface area contributed by atoms with Crippen LogP contribution in [0, 0.1) is 11.6 Å². The van der Waals surface area contributed by atoms with Gasteiger partial charge in [-0.3, -0.25) is 4.79 Å². The molecule has 4 rings (SSSR count). The Morgan fingerprint density at radius 3 is 2.58 bits per heavy atom.